The van der Waals surface area contributed by atoms with E-state index >= 15 is 0 Å². The maximum atomic E-state index is 4.98. The van der Waals surface area contributed by atoms with E-state index in [2.05, 4.69) is 39.9 Å². The highest BCUT2D eigenvalue weighted by Crippen LogP contribution is 2.32. The Morgan fingerprint density at radius 2 is 1.92 bits per heavy atom. The van der Waals surface area contributed by atoms with Crippen molar-refractivity contribution < 1.29 is 0 Å². The summed E-state index contributed by atoms with van der Waals surface area (Å²) in [6.07, 6.45) is 10.1. The summed E-state index contributed by atoms with van der Waals surface area (Å²) in [5.74, 6) is 0. The average molecular weight is 335 g/mol. The Morgan fingerprint density at radius 1 is 1.08 bits per heavy atom. The monoisotopic (exact) mass is 335 g/mol. The van der Waals surface area contributed by atoms with Crippen LogP contribution in [0.25, 0.3) is 11.3 Å². The van der Waals surface area contributed by atoms with E-state index in [0.29, 0.717) is 12.6 Å². The fourth-order valence-electron chi connectivity index (χ4n) is 3.84. The van der Waals surface area contributed by atoms with E-state index < -0.39 is 0 Å². The molecular formula is C20H25N5. The predicted octanol–water partition coefficient (Wildman–Crippen LogP) is 4.31. The second kappa shape index (κ2) is 6.82. The SMILES string of the molecule is Cc1cc(C)n(Cc2cc(-c3cccnc3)n(C3CCCCC3)n2)n1. The van der Waals surface area contributed by atoms with Crippen molar-refractivity contribution in [1.29, 1.82) is 0 Å². The summed E-state index contributed by atoms with van der Waals surface area (Å²) in [5.41, 5.74) is 5.61. The van der Waals surface area contributed by atoms with Crippen molar-refractivity contribution in [3.8, 4) is 11.3 Å². The molecule has 0 radical (unpaired) electrons. The quantitative estimate of drug-likeness (QED) is 0.714. The van der Waals surface area contributed by atoms with Crippen LogP contribution in [0.4, 0.5) is 0 Å². The van der Waals surface area contributed by atoms with E-state index in [1.807, 2.05) is 30.1 Å². The minimum atomic E-state index is 0.498. The van der Waals surface area contributed by atoms with Crippen LogP contribution in [0.1, 0.15) is 55.2 Å². The maximum absolute atomic E-state index is 4.98. The van der Waals surface area contributed by atoms with Crippen LogP contribution in [-0.4, -0.2) is 24.5 Å². The number of aryl methyl sites for hydroxylation is 2. The first-order valence-electron chi connectivity index (χ1n) is 9.20. The number of hydrogen-bond donors (Lipinski definition) is 0. The van der Waals surface area contributed by atoms with Gasteiger partial charge in [-0.3, -0.25) is 14.3 Å². The molecule has 0 amide bonds. The Bertz CT molecular complexity index is 840. The van der Waals surface area contributed by atoms with E-state index in [0.717, 1.165) is 17.0 Å². The van der Waals surface area contributed by atoms with Gasteiger partial charge in [0.25, 0.3) is 0 Å². The van der Waals surface area contributed by atoms with Crippen LogP contribution >= 0.6 is 0 Å². The van der Waals surface area contributed by atoms with Gasteiger partial charge in [-0.15, -0.1) is 0 Å². The van der Waals surface area contributed by atoms with E-state index in [1.54, 1.807) is 0 Å². The summed E-state index contributed by atoms with van der Waals surface area (Å²) in [7, 11) is 0. The summed E-state index contributed by atoms with van der Waals surface area (Å²) in [6, 6.07) is 8.94. The molecule has 0 N–H and O–H groups in total. The molecule has 0 unspecified atom stereocenters. The van der Waals surface area contributed by atoms with Gasteiger partial charge in [-0.05, 0) is 51.0 Å². The van der Waals surface area contributed by atoms with Gasteiger partial charge in [0.2, 0.25) is 0 Å². The second-order valence-electron chi connectivity index (χ2n) is 7.08. The van der Waals surface area contributed by atoms with Crippen LogP contribution in [0, 0.1) is 13.8 Å². The Balaban J connectivity index is 1.71. The van der Waals surface area contributed by atoms with Crippen LogP contribution in [0.2, 0.25) is 0 Å². The van der Waals surface area contributed by atoms with Crippen molar-refractivity contribution in [1.82, 2.24) is 24.5 Å². The van der Waals surface area contributed by atoms with Crippen molar-refractivity contribution in [3.05, 3.63) is 53.7 Å². The van der Waals surface area contributed by atoms with Crippen LogP contribution in [0.3, 0.4) is 0 Å². The smallest absolute Gasteiger partial charge is 0.0853 e. The van der Waals surface area contributed by atoms with Crippen molar-refractivity contribution >= 4 is 0 Å². The van der Waals surface area contributed by atoms with Gasteiger partial charge in [0.05, 0.1) is 29.7 Å². The van der Waals surface area contributed by atoms with E-state index in [4.69, 9.17) is 5.10 Å². The number of nitrogens with zero attached hydrogens (tertiary/aromatic N) is 5. The van der Waals surface area contributed by atoms with Gasteiger partial charge < -0.3 is 0 Å². The molecule has 3 heterocycles. The molecule has 0 aromatic carbocycles. The van der Waals surface area contributed by atoms with Crippen molar-refractivity contribution in [2.24, 2.45) is 0 Å². The summed E-state index contributed by atoms with van der Waals surface area (Å²) in [5, 5.41) is 9.57. The van der Waals surface area contributed by atoms with Crippen molar-refractivity contribution in [2.75, 3.05) is 0 Å². The molecule has 1 aliphatic carbocycles. The molecule has 5 heteroatoms. The van der Waals surface area contributed by atoms with Gasteiger partial charge >= 0.3 is 0 Å². The molecule has 25 heavy (non-hydrogen) atoms. The third-order valence-electron chi connectivity index (χ3n) is 5.08. The van der Waals surface area contributed by atoms with Gasteiger partial charge in [0.1, 0.15) is 0 Å². The molecule has 1 saturated carbocycles. The van der Waals surface area contributed by atoms with Crippen LogP contribution < -0.4 is 0 Å². The minimum Gasteiger partial charge on any atom is -0.264 e. The van der Waals surface area contributed by atoms with Gasteiger partial charge in [-0.2, -0.15) is 10.2 Å². The first kappa shape index (κ1) is 16.1. The van der Waals surface area contributed by atoms with Gasteiger partial charge in [-0.1, -0.05) is 19.3 Å². The molecular weight excluding hydrogens is 310 g/mol. The predicted molar refractivity (Wildman–Crippen MR) is 98.4 cm³/mol. The first-order chi connectivity index (χ1) is 12.2. The third kappa shape index (κ3) is 3.36. The first-order valence-corrected chi connectivity index (χ1v) is 9.20. The highest BCUT2D eigenvalue weighted by molar-refractivity contribution is 5.58. The minimum absolute atomic E-state index is 0.498. The number of rotatable bonds is 4. The average Bonchev–Trinajstić information content (AvgIpc) is 3.20. The lowest BCUT2D eigenvalue weighted by atomic mass is 9.95. The summed E-state index contributed by atoms with van der Waals surface area (Å²) in [4.78, 5) is 4.30. The molecule has 0 atom stereocenters. The lowest BCUT2D eigenvalue weighted by Gasteiger charge is -2.24. The topological polar surface area (TPSA) is 48.5 Å². The molecule has 1 fully saturated rings. The van der Waals surface area contributed by atoms with Gasteiger partial charge in [0.15, 0.2) is 0 Å². The van der Waals surface area contributed by atoms with Crippen molar-refractivity contribution in [3.63, 3.8) is 0 Å². The van der Waals surface area contributed by atoms with Crippen LogP contribution in [-0.2, 0) is 6.54 Å². The third-order valence-corrected chi connectivity index (χ3v) is 5.08. The number of pyridine rings is 1. The standard InChI is InChI=1S/C20H25N5/c1-15-11-16(2)24(22-15)14-18-12-20(17-7-6-10-21-13-17)25(23-18)19-8-4-3-5-9-19/h6-7,10-13,19H,3-5,8-9,14H2,1-2H3. The lowest BCUT2D eigenvalue weighted by molar-refractivity contribution is 0.330. The Kier molecular flexibility index (Phi) is 4.38. The molecule has 0 aliphatic heterocycles. The molecule has 4 rings (SSSR count). The molecule has 130 valence electrons. The highest BCUT2D eigenvalue weighted by Gasteiger charge is 2.21. The van der Waals surface area contributed by atoms with E-state index in [9.17, 15) is 0 Å². The molecule has 3 aromatic heterocycles. The molecule has 3 aromatic rings. The second-order valence-corrected chi connectivity index (χ2v) is 7.08. The molecule has 0 bridgehead atoms. The Hall–Kier alpha value is -2.43. The van der Waals surface area contributed by atoms with Gasteiger partial charge in [-0.25, -0.2) is 0 Å². The molecule has 0 spiro atoms. The summed E-state index contributed by atoms with van der Waals surface area (Å²) in [6.45, 7) is 4.85. The number of aromatic nitrogens is 5. The molecule has 0 saturated heterocycles. The fraction of sp³-hybridized carbons (Fsp3) is 0.450. The molecule has 1 aliphatic rings. The largest absolute Gasteiger partial charge is 0.264 e. The van der Waals surface area contributed by atoms with Crippen molar-refractivity contribution in [2.45, 2.75) is 58.5 Å². The Labute approximate surface area is 148 Å². The molecule has 5 nitrogen and oxygen atoms in total. The summed E-state index contributed by atoms with van der Waals surface area (Å²) >= 11 is 0. The van der Waals surface area contributed by atoms with E-state index in [-0.39, 0.29) is 0 Å². The fourth-order valence-corrected chi connectivity index (χ4v) is 3.84. The lowest BCUT2D eigenvalue weighted by Crippen LogP contribution is -2.16. The van der Waals surface area contributed by atoms with Crippen LogP contribution in [0.15, 0.2) is 36.7 Å². The van der Waals surface area contributed by atoms with Crippen LogP contribution in [0.5, 0.6) is 0 Å². The summed E-state index contributed by atoms with van der Waals surface area (Å²) < 4.78 is 4.28. The highest BCUT2D eigenvalue weighted by atomic mass is 15.3. The zero-order valence-corrected chi connectivity index (χ0v) is 15.0. The zero-order valence-electron chi connectivity index (χ0n) is 15.0. The normalized spacial score (nSPS) is 15.6. The van der Waals surface area contributed by atoms with E-state index in [1.165, 1.54) is 43.5 Å². The maximum Gasteiger partial charge on any atom is 0.0853 e. The van der Waals surface area contributed by atoms with Gasteiger partial charge in [0, 0.05) is 23.7 Å². The number of hydrogen-bond acceptors (Lipinski definition) is 3. The zero-order chi connectivity index (χ0) is 17.2. The Morgan fingerprint density at radius 3 is 2.60 bits per heavy atom.